The molecule has 0 radical (unpaired) electrons. The van der Waals surface area contributed by atoms with Crippen LogP contribution in [0.4, 0.5) is 0 Å². The fourth-order valence-corrected chi connectivity index (χ4v) is 3.28. The van der Waals surface area contributed by atoms with Gasteiger partial charge in [0.1, 0.15) is 5.75 Å². The van der Waals surface area contributed by atoms with E-state index in [9.17, 15) is 5.11 Å². The Morgan fingerprint density at radius 2 is 1.85 bits per heavy atom. The van der Waals surface area contributed by atoms with Crippen LogP contribution in [0, 0.1) is 26.7 Å². The number of hydrogen-bond donors (Lipinski definition) is 1. The van der Waals surface area contributed by atoms with Gasteiger partial charge in [0.15, 0.2) is 0 Å². The zero-order chi connectivity index (χ0) is 15.0. The van der Waals surface area contributed by atoms with E-state index in [4.69, 9.17) is 0 Å². The van der Waals surface area contributed by atoms with Crippen LogP contribution < -0.4 is 0 Å². The van der Waals surface area contributed by atoms with Crippen molar-refractivity contribution >= 4 is 0 Å². The highest BCUT2D eigenvalue weighted by Gasteiger charge is 2.28. The van der Waals surface area contributed by atoms with Crippen LogP contribution in [0.15, 0.2) is 29.9 Å². The van der Waals surface area contributed by atoms with E-state index in [-0.39, 0.29) is 5.92 Å². The van der Waals surface area contributed by atoms with Gasteiger partial charge in [-0.05, 0) is 70.1 Å². The van der Waals surface area contributed by atoms with Gasteiger partial charge in [0.25, 0.3) is 0 Å². The zero-order valence-electron chi connectivity index (χ0n) is 13.4. The largest absolute Gasteiger partial charge is 0.507 e. The standard InChI is InChI=1S/C19H26O/c1-11(2)16-8-7-12(3)9-17(16)18-10-13(4)14(5)15(6)19(18)20/h9-10,16-17,20H,1,7-8H2,2-6H3/t16-,17?/m0/s1. The number of rotatable bonds is 2. The fourth-order valence-electron chi connectivity index (χ4n) is 3.28. The third kappa shape index (κ3) is 2.54. The maximum absolute atomic E-state index is 10.6. The van der Waals surface area contributed by atoms with Crippen molar-refractivity contribution in [1.29, 1.82) is 0 Å². The van der Waals surface area contributed by atoms with Gasteiger partial charge in [-0.2, -0.15) is 0 Å². The summed E-state index contributed by atoms with van der Waals surface area (Å²) in [5.74, 6) is 1.17. The maximum Gasteiger partial charge on any atom is 0.122 e. The molecule has 20 heavy (non-hydrogen) atoms. The first kappa shape index (κ1) is 14.9. The van der Waals surface area contributed by atoms with Gasteiger partial charge in [-0.1, -0.05) is 29.9 Å². The molecule has 1 aliphatic rings. The van der Waals surface area contributed by atoms with Crippen LogP contribution in [-0.4, -0.2) is 5.11 Å². The monoisotopic (exact) mass is 270 g/mol. The predicted octanol–water partition coefficient (Wildman–Crippen LogP) is 5.33. The van der Waals surface area contributed by atoms with Crippen molar-refractivity contribution in [2.24, 2.45) is 5.92 Å². The molecule has 0 aromatic heterocycles. The Hall–Kier alpha value is -1.50. The zero-order valence-corrected chi connectivity index (χ0v) is 13.4. The van der Waals surface area contributed by atoms with Gasteiger partial charge in [-0.25, -0.2) is 0 Å². The molecule has 1 aromatic rings. The molecular formula is C19H26O. The van der Waals surface area contributed by atoms with Gasteiger partial charge < -0.3 is 5.11 Å². The molecule has 0 amide bonds. The van der Waals surface area contributed by atoms with E-state index in [1.54, 1.807) is 0 Å². The first-order chi connectivity index (χ1) is 9.32. The molecule has 0 fully saturated rings. The second-order valence-electron chi connectivity index (χ2n) is 6.41. The summed E-state index contributed by atoms with van der Waals surface area (Å²) in [7, 11) is 0. The van der Waals surface area contributed by atoms with E-state index in [0.717, 1.165) is 24.0 Å². The van der Waals surface area contributed by atoms with Crippen molar-refractivity contribution in [3.05, 3.63) is 52.1 Å². The van der Waals surface area contributed by atoms with Gasteiger partial charge in [-0.3, -0.25) is 0 Å². The third-order valence-corrected chi connectivity index (χ3v) is 4.89. The Labute approximate surface area is 123 Å². The van der Waals surface area contributed by atoms with Crippen molar-refractivity contribution in [2.45, 2.75) is 53.4 Å². The van der Waals surface area contributed by atoms with E-state index in [0.29, 0.717) is 11.7 Å². The van der Waals surface area contributed by atoms with Crippen LogP contribution in [0.3, 0.4) is 0 Å². The van der Waals surface area contributed by atoms with Crippen LogP contribution in [0.5, 0.6) is 5.75 Å². The summed E-state index contributed by atoms with van der Waals surface area (Å²) in [4.78, 5) is 0. The molecule has 0 saturated carbocycles. The van der Waals surface area contributed by atoms with E-state index < -0.39 is 0 Å². The normalized spacial score (nSPS) is 22.6. The van der Waals surface area contributed by atoms with E-state index in [1.165, 1.54) is 22.3 Å². The number of hydrogen-bond acceptors (Lipinski definition) is 1. The minimum absolute atomic E-state index is 0.263. The van der Waals surface area contributed by atoms with Gasteiger partial charge in [0.2, 0.25) is 0 Å². The van der Waals surface area contributed by atoms with Gasteiger partial charge in [-0.15, -0.1) is 0 Å². The van der Waals surface area contributed by atoms with Crippen molar-refractivity contribution in [3.63, 3.8) is 0 Å². The van der Waals surface area contributed by atoms with E-state index in [1.807, 2.05) is 6.92 Å². The van der Waals surface area contributed by atoms with Gasteiger partial charge >= 0.3 is 0 Å². The molecule has 108 valence electrons. The summed E-state index contributed by atoms with van der Waals surface area (Å²) in [6, 6.07) is 2.16. The second-order valence-corrected chi connectivity index (χ2v) is 6.41. The Bertz CT molecular complexity index is 578. The minimum Gasteiger partial charge on any atom is -0.507 e. The molecule has 0 heterocycles. The molecule has 1 aliphatic carbocycles. The lowest BCUT2D eigenvalue weighted by molar-refractivity contribution is 0.433. The lowest BCUT2D eigenvalue weighted by atomic mass is 9.73. The molecule has 1 nitrogen and oxygen atoms in total. The molecular weight excluding hydrogens is 244 g/mol. The third-order valence-electron chi connectivity index (χ3n) is 4.89. The van der Waals surface area contributed by atoms with E-state index >= 15 is 0 Å². The molecule has 0 aliphatic heterocycles. The Morgan fingerprint density at radius 3 is 2.45 bits per heavy atom. The van der Waals surface area contributed by atoms with Crippen molar-refractivity contribution in [3.8, 4) is 5.75 Å². The van der Waals surface area contributed by atoms with Crippen LogP contribution in [0.2, 0.25) is 0 Å². The molecule has 0 bridgehead atoms. The molecule has 1 N–H and O–H groups in total. The Morgan fingerprint density at radius 1 is 1.20 bits per heavy atom. The number of aromatic hydroxyl groups is 1. The maximum atomic E-state index is 10.6. The highest BCUT2D eigenvalue weighted by Crippen LogP contribution is 2.44. The average Bonchev–Trinajstić information content (AvgIpc) is 2.40. The van der Waals surface area contributed by atoms with E-state index in [2.05, 4.69) is 46.4 Å². The lowest BCUT2D eigenvalue weighted by Crippen LogP contribution is -2.17. The summed E-state index contributed by atoms with van der Waals surface area (Å²) in [6.45, 7) is 14.7. The summed E-state index contributed by atoms with van der Waals surface area (Å²) < 4.78 is 0. The minimum atomic E-state index is 0.263. The SMILES string of the molecule is C=C(C)[C@@H]1CCC(C)=CC1c1cc(C)c(C)c(C)c1O. The summed E-state index contributed by atoms with van der Waals surface area (Å²) in [5, 5.41) is 10.6. The van der Waals surface area contributed by atoms with Crippen LogP contribution in [0.25, 0.3) is 0 Å². The summed E-state index contributed by atoms with van der Waals surface area (Å²) >= 11 is 0. The molecule has 2 atom stereocenters. The number of aryl methyl sites for hydroxylation is 1. The van der Waals surface area contributed by atoms with Gasteiger partial charge in [0.05, 0.1) is 0 Å². The molecule has 1 unspecified atom stereocenters. The highest BCUT2D eigenvalue weighted by atomic mass is 16.3. The second kappa shape index (κ2) is 5.47. The number of benzene rings is 1. The number of phenolic OH excluding ortho intramolecular Hbond substituents is 1. The number of allylic oxidation sites excluding steroid dienone is 3. The van der Waals surface area contributed by atoms with Crippen LogP contribution >= 0.6 is 0 Å². The average molecular weight is 270 g/mol. The van der Waals surface area contributed by atoms with Gasteiger partial charge in [0, 0.05) is 11.5 Å². The predicted molar refractivity (Wildman–Crippen MR) is 86.4 cm³/mol. The first-order valence-corrected chi connectivity index (χ1v) is 7.45. The Kier molecular flexibility index (Phi) is 4.08. The first-order valence-electron chi connectivity index (χ1n) is 7.45. The smallest absolute Gasteiger partial charge is 0.122 e. The molecule has 1 aromatic carbocycles. The fraction of sp³-hybridized carbons (Fsp3) is 0.474. The Balaban J connectivity index is 2.58. The van der Waals surface area contributed by atoms with Crippen molar-refractivity contribution in [1.82, 2.24) is 0 Å². The number of phenols is 1. The molecule has 1 heteroatoms. The summed E-state index contributed by atoms with van der Waals surface area (Å²) in [6.07, 6.45) is 4.60. The molecule has 2 rings (SSSR count). The molecule has 0 spiro atoms. The molecule has 0 saturated heterocycles. The highest BCUT2D eigenvalue weighted by molar-refractivity contribution is 5.51. The lowest BCUT2D eigenvalue weighted by Gasteiger charge is -2.31. The van der Waals surface area contributed by atoms with Crippen molar-refractivity contribution in [2.75, 3.05) is 0 Å². The topological polar surface area (TPSA) is 20.2 Å². The van der Waals surface area contributed by atoms with Crippen LogP contribution in [-0.2, 0) is 0 Å². The quantitative estimate of drug-likeness (QED) is 0.720. The van der Waals surface area contributed by atoms with Crippen LogP contribution in [0.1, 0.15) is 54.9 Å². The summed E-state index contributed by atoms with van der Waals surface area (Å²) in [5.41, 5.74) is 7.16. The van der Waals surface area contributed by atoms with Crippen molar-refractivity contribution < 1.29 is 5.11 Å².